The highest BCUT2D eigenvalue weighted by Gasteiger charge is 2.37. The molecular weight excluding hydrogens is 260 g/mol. The molecule has 2 rings (SSSR count). The van der Waals surface area contributed by atoms with Crippen LogP contribution in [0.5, 0.6) is 0 Å². The van der Waals surface area contributed by atoms with Gasteiger partial charge in [-0.1, -0.05) is 0 Å². The number of sulfonamides is 1. The largest absolute Gasteiger partial charge is 0.424 e. The van der Waals surface area contributed by atoms with E-state index in [0.29, 0.717) is 11.8 Å². The normalized spacial score (nSPS) is 17.4. The van der Waals surface area contributed by atoms with Gasteiger partial charge in [-0.05, 0) is 0 Å². The third kappa shape index (κ3) is 2.85. The van der Waals surface area contributed by atoms with E-state index in [0.717, 1.165) is 6.26 Å². The summed E-state index contributed by atoms with van der Waals surface area (Å²) in [6.45, 7) is 2.28. The van der Waals surface area contributed by atoms with Crippen LogP contribution < -0.4 is 5.32 Å². The molecule has 0 saturated carbocycles. The van der Waals surface area contributed by atoms with E-state index in [1.54, 1.807) is 6.92 Å². The van der Waals surface area contributed by atoms with Gasteiger partial charge in [0.05, 0.1) is 18.7 Å². The Kier molecular flexibility index (Phi) is 3.35. The van der Waals surface area contributed by atoms with E-state index >= 15 is 0 Å². The molecule has 1 saturated heterocycles. The van der Waals surface area contributed by atoms with E-state index in [-0.39, 0.29) is 31.5 Å². The quantitative estimate of drug-likeness (QED) is 0.746. The molecule has 1 aromatic heterocycles. The molecule has 0 radical (unpaired) electrons. The number of rotatable bonds is 4. The minimum absolute atomic E-state index is 0.162. The molecule has 0 spiro atoms. The molecule has 0 atom stereocenters. The van der Waals surface area contributed by atoms with Gasteiger partial charge in [0.15, 0.2) is 0 Å². The minimum atomic E-state index is -3.18. The van der Waals surface area contributed by atoms with Crippen molar-refractivity contribution in [2.45, 2.75) is 13.5 Å². The molecule has 1 aliphatic rings. The van der Waals surface area contributed by atoms with Crippen molar-refractivity contribution in [3.63, 3.8) is 0 Å². The number of aryl methyl sites for hydroxylation is 1. The van der Waals surface area contributed by atoms with Crippen LogP contribution in [-0.2, 0) is 21.4 Å². The first-order chi connectivity index (χ1) is 8.36. The van der Waals surface area contributed by atoms with Crippen molar-refractivity contribution >= 4 is 15.9 Å². The summed E-state index contributed by atoms with van der Waals surface area (Å²) in [5.74, 6) is 0.265. The number of amides is 1. The number of aromatic nitrogens is 2. The fourth-order valence-electron chi connectivity index (χ4n) is 1.59. The summed E-state index contributed by atoms with van der Waals surface area (Å²) in [5.41, 5.74) is 0. The second-order valence-corrected chi connectivity index (χ2v) is 6.19. The Bertz CT molecular complexity index is 547. The maximum atomic E-state index is 11.7. The summed E-state index contributed by atoms with van der Waals surface area (Å²) in [6.07, 6.45) is 1.13. The minimum Gasteiger partial charge on any atom is -0.424 e. The predicted molar refractivity (Wildman–Crippen MR) is 60.8 cm³/mol. The zero-order chi connectivity index (χ0) is 13.3. The molecule has 9 heteroatoms. The zero-order valence-electron chi connectivity index (χ0n) is 10.1. The molecule has 0 bridgehead atoms. The monoisotopic (exact) mass is 274 g/mol. The van der Waals surface area contributed by atoms with Gasteiger partial charge in [0, 0.05) is 20.0 Å². The van der Waals surface area contributed by atoms with Crippen molar-refractivity contribution in [1.29, 1.82) is 0 Å². The van der Waals surface area contributed by atoms with Crippen LogP contribution >= 0.6 is 0 Å². The molecule has 0 aromatic carbocycles. The summed E-state index contributed by atoms with van der Waals surface area (Å²) in [5, 5.41) is 10.00. The molecule has 1 aromatic rings. The first-order valence-corrected chi connectivity index (χ1v) is 7.23. The highest BCUT2D eigenvalue weighted by molar-refractivity contribution is 7.88. The van der Waals surface area contributed by atoms with E-state index in [1.807, 2.05) is 0 Å². The fourth-order valence-corrected chi connectivity index (χ4v) is 2.49. The van der Waals surface area contributed by atoms with Crippen LogP contribution in [0.3, 0.4) is 0 Å². The number of nitrogens with zero attached hydrogens (tertiary/aromatic N) is 3. The maximum Gasteiger partial charge on any atom is 0.235 e. The van der Waals surface area contributed by atoms with Gasteiger partial charge >= 0.3 is 0 Å². The summed E-state index contributed by atoms with van der Waals surface area (Å²) >= 11 is 0. The van der Waals surface area contributed by atoms with E-state index in [1.165, 1.54) is 4.31 Å². The lowest BCUT2D eigenvalue weighted by Crippen LogP contribution is -2.55. The summed E-state index contributed by atoms with van der Waals surface area (Å²) < 4.78 is 28.6. The van der Waals surface area contributed by atoms with E-state index in [2.05, 4.69) is 15.5 Å². The second-order valence-electron chi connectivity index (χ2n) is 4.21. The van der Waals surface area contributed by atoms with Crippen LogP contribution in [0.2, 0.25) is 0 Å². The molecule has 0 aliphatic carbocycles. The molecule has 1 amide bonds. The van der Waals surface area contributed by atoms with Gasteiger partial charge < -0.3 is 9.73 Å². The van der Waals surface area contributed by atoms with Crippen molar-refractivity contribution in [3.05, 3.63) is 11.8 Å². The number of hydrogen-bond donors (Lipinski definition) is 1. The van der Waals surface area contributed by atoms with Gasteiger partial charge in [0.2, 0.25) is 27.7 Å². The SMILES string of the molecule is Cc1nnc(CNC(=O)C2CN(S(C)(=O)=O)C2)o1. The van der Waals surface area contributed by atoms with Crippen LogP contribution in [0, 0.1) is 12.8 Å². The molecule has 100 valence electrons. The molecule has 2 heterocycles. The third-order valence-electron chi connectivity index (χ3n) is 2.67. The first-order valence-electron chi connectivity index (χ1n) is 5.38. The van der Waals surface area contributed by atoms with Crippen molar-refractivity contribution in [2.24, 2.45) is 5.92 Å². The van der Waals surface area contributed by atoms with Crippen molar-refractivity contribution in [3.8, 4) is 0 Å². The van der Waals surface area contributed by atoms with Crippen LogP contribution in [0.1, 0.15) is 11.8 Å². The Hall–Kier alpha value is -1.48. The molecule has 18 heavy (non-hydrogen) atoms. The topological polar surface area (TPSA) is 105 Å². The molecule has 8 nitrogen and oxygen atoms in total. The Balaban J connectivity index is 1.78. The van der Waals surface area contributed by atoms with Crippen LogP contribution in [-0.4, -0.2) is 48.2 Å². The highest BCUT2D eigenvalue weighted by atomic mass is 32.2. The van der Waals surface area contributed by atoms with Gasteiger partial charge in [-0.2, -0.15) is 0 Å². The maximum absolute atomic E-state index is 11.7. The average molecular weight is 274 g/mol. The lowest BCUT2D eigenvalue weighted by molar-refractivity contribution is -0.128. The number of carbonyl (C=O) groups excluding carboxylic acids is 1. The Morgan fingerprint density at radius 1 is 1.50 bits per heavy atom. The lowest BCUT2D eigenvalue weighted by Gasteiger charge is -2.35. The third-order valence-corrected chi connectivity index (χ3v) is 3.91. The number of carbonyl (C=O) groups is 1. The smallest absolute Gasteiger partial charge is 0.235 e. The van der Waals surface area contributed by atoms with E-state index < -0.39 is 10.0 Å². The molecule has 1 N–H and O–H groups in total. The highest BCUT2D eigenvalue weighted by Crippen LogP contribution is 2.18. The van der Waals surface area contributed by atoms with Gasteiger partial charge in [0.1, 0.15) is 0 Å². The Morgan fingerprint density at radius 2 is 2.17 bits per heavy atom. The first kappa shape index (κ1) is 13.0. The summed E-state index contributed by atoms with van der Waals surface area (Å²) in [4.78, 5) is 11.7. The standard InChI is InChI=1S/C9H14N4O4S/c1-6-11-12-8(17-6)3-10-9(14)7-4-13(5-7)18(2,15)16/h7H,3-5H2,1-2H3,(H,10,14). The van der Waals surface area contributed by atoms with Crippen LogP contribution in [0.25, 0.3) is 0 Å². The van der Waals surface area contributed by atoms with Gasteiger partial charge in [-0.25, -0.2) is 12.7 Å². The summed E-state index contributed by atoms with van der Waals surface area (Å²) in [6, 6.07) is 0. The predicted octanol–water partition coefficient (Wildman–Crippen LogP) is -1.11. The van der Waals surface area contributed by atoms with Crippen LogP contribution in [0.15, 0.2) is 4.42 Å². The van der Waals surface area contributed by atoms with Gasteiger partial charge in [-0.3, -0.25) is 4.79 Å². The summed E-state index contributed by atoms with van der Waals surface area (Å²) in [7, 11) is -3.18. The van der Waals surface area contributed by atoms with E-state index in [9.17, 15) is 13.2 Å². The zero-order valence-corrected chi connectivity index (χ0v) is 10.9. The fraction of sp³-hybridized carbons (Fsp3) is 0.667. The molecule has 1 aliphatic heterocycles. The van der Waals surface area contributed by atoms with Crippen molar-refractivity contribution in [2.75, 3.05) is 19.3 Å². The van der Waals surface area contributed by atoms with Crippen LogP contribution in [0.4, 0.5) is 0 Å². The van der Waals surface area contributed by atoms with Gasteiger partial charge in [0.25, 0.3) is 0 Å². The second kappa shape index (κ2) is 4.65. The lowest BCUT2D eigenvalue weighted by atomic mass is 10.0. The van der Waals surface area contributed by atoms with E-state index in [4.69, 9.17) is 4.42 Å². The average Bonchev–Trinajstić information content (AvgIpc) is 2.56. The van der Waals surface area contributed by atoms with Gasteiger partial charge in [-0.15, -0.1) is 10.2 Å². The Labute approximate surface area is 104 Å². The number of nitrogens with one attached hydrogen (secondary N) is 1. The molecule has 1 fully saturated rings. The van der Waals surface area contributed by atoms with Crippen molar-refractivity contribution in [1.82, 2.24) is 19.8 Å². The Morgan fingerprint density at radius 3 is 2.67 bits per heavy atom. The molecular formula is C9H14N4O4S. The number of hydrogen-bond acceptors (Lipinski definition) is 6. The molecule has 0 unspecified atom stereocenters. The van der Waals surface area contributed by atoms with Crippen molar-refractivity contribution < 1.29 is 17.6 Å².